The van der Waals surface area contributed by atoms with Crippen LogP contribution in [0.15, 0.2) is 18.2 Å². The Morgan fingerprint density at radius 2 is 2.14 bits per heavy atom. The predicted octanol–water partition coefficient (Wildman–Crippen LogP) is 2.36. The lowest BCUT2D eigenvalue weighted by molar-refractivity contribution is -0.00127. The van der Waals surface area contributed by atoms with Gasteiger partial charge in [-0.25, -0.2) is 0 Å². The SMILES string of the molecule is CNCC(F)(F)c1ccc(O)c(Cl)c1. The number of benzene rings is 1. The van der Waals surface area contributed by atoms with Crippen molar-refractivity contribution in [3.63, 3.8) is 0 Å². The second-order valence-corrected chi connectivity index (χ2v) is 3.31. The highest BCUT2D eigenvalue weighted by Crippen LogP contribution is 2.32. The number of alkyl halides is 2. The van der Waals surface area contributed by atoms with Crippen LogP contribution >= 0.6 is 11.6 Å². The Morgan fingerprint density at radius 1 is 1.50 bits per heavy atom. The smallest absolute Gasteiger partial charge is 0.285 e. The molecule has 78 valence electrons. The van der Waals surface area contributed by atoms with Gasteiger partial charge in [0.05, 0.1) is 11.6 Å². The van der Waals surface area contributed by atoms with E-state index in [-0.39, 0.29) is 16.3 Å². The second kappa shape index (κ2) is 4.11. The minimum atomic E-state index is -2.98. The van der Waals surface area contributed by atoms with Gasteiger partial charge < -0.3 is 10.4 Å². The van der Waals surface area contributed by atoms with E-state index in [2.05, 4.69) is 5.32 Å². The third-order valence-electron chi connectivity index (χ3n) is 1.77. The molecule has 0 radical (unpaired) electrons. The van der Waals surface area contributed by atoms with Gasteiger partial charge >= 0.3 is 0 Å². The van der Waals surface area contributed by atoms with E-state index in [9.17, 15) is 8.78 Å². The molecule has 0 heterocycles. The Hall–Kier alpha value is -0.870. The van der Waals surface area contributed by atoms with Gasteiger partial charge in [-0.15, -0.1) is 0 Å². The first-order chi connectivity index (χ1) is 6.47. The van der Waals surface area contributed by atoms with Crippen molar-refractivity contribution < 1.29 is 13.9 Å². The Morgan fingerprint density at radius 3 is 2.64 bits per heavy atom. The van der Waals surface area contributed by atoms with Crippen LogP contribution in [0.1, 0.15) is 5.56 Å². The van der Waals surface area contributed by atoms with Crippen molar-refractivity contribution in [3.8, 4) is 5.75 Å². The summed E-state index contributed by atoms with van der Waals surface area (Å²) in [5.74, 6) is -3.18. The third-order valence-corrected chi connectivity index (χ3v) is 2.07. The number of rotatable bonds is 3. The van der Waals surface area contributed by atoms with Gasteiger partial charge in [-0.3, -0.25) is 0 Å². The normalized spacial score (nSPS) is 11.7. The number of likely N-dealkylation sites (N-methyl/N-ethyl adjacent to an activating group) is 1. The lowest BCUT2D eigenvalue weighted by Crippen LogP contribution is -2.27. The highest BCUT2D eigenvalue weighted by atomic mass is 35.5. The first-order valence-corrected chi connectivity index (χ1v) is 4.36. The van der Waals surface area contributed by atoms with Crippen LogP contribution in [-0.2, 0) is 5.92 Å². The zero-order valence-corrected chi connectivity index (χ0v) is 8.28. The van der Waals surface area contributed by atoms with E-state index in [1.807, 2.05) is 0 Å². The number of aromatic hydroxyl groups is 1. The van der Waals surface area contributed by atoms with E-state index in [1.54, 1.807) is 0 Å². The maximum Gasteiger partial charge on any atom is 0.285 e. The highest BCUT2D eigenvalue weighted by Gasteiger charge is 2.30. The Labute approximate surface area is 85.5 Å². The molecule has 0 saturated carbocycles. The molecule has 1 rings (SSSR count). The van der Waals surface area contributed by atoms with E-state index in [1.165, 1.54) is 7.05 Å². The average molecular weight is 222 g/mol. The molecule has 0 aliphatic carbocycles. The zero-order valence-electron chi connectivity index (χ0n) is 7.52. The summed E-state index contributed by atoms with van der Waals surface area (Å²) in [5.41, 5.74) is -0.213. The van der Waals surface area contributed by atoms with Gasteiger partial charge in [0.2, 0.25) is 0 Å². The van der Waals surface area contributed by atoms with Crippen LogP contribution in [0.2, 0.25) is 5.02 Å². The van der Waals surface area contributed by atoms with Gasteiger partial charge in [0, 0.05) is 5.56 Å². The van der Waals surface area contributed by atoms with Gasteiger partial charge in [0.15, 0.2) is 0 Å². The molecule has 2 nitrogen and oxygen atoms in total. The van der Waals surface area contributed by atoms with E-state index < -0.39 is 12.5 Å². The summed E-state index contributed by atoms with van der Waals surface area (Å²) in [7, 11) is 1.44. The maximum atomic E-state index is 13.3. The fraction of sp³-hybridized carbons (Fsp3) is 0.333. The number of phenolic OH excluding ortho intramolecular Hbond substituents is 1. The molecular weight excluding hydrogens is 212 g/mol. The molecule has 0 spiro atoms. The Balaban J connectivity index is 3.01. The lowest BCUT2D eigenvalue weighted by atomic mass is 10.1. The second-order valence-electron chi connectivity index (χ2n) is 2.90. The summed E-state index contributed by atoms with van der Waals surface area (Å²) in [6, 6.07) is 3.37. The molecule has 0 aliphatic heterocycles. The molecule has 14 heavy (non-hydrogen) atoms. The van der Waals surface area contributed by atoms with Gasteiger partial charge in [-0.2, -0.15) is 8.78 Å². The van der Waals surface area contributed by atoms with Gasteiger partial charge in [-0.05, 0) is 25.2 Å². The summed E-state index contributed by atoms with van der Waals surface area (Å²) in [4.78, 5) is 0. The van der Waals surface area contributed by atoms with Crippen LogP contribution in [0.5, 0.6) is 5.75 Å². The van der Waals surface area contributed by atoms with Crippen molar-refractivity contribution in [2.24, 2.45) is 0 Å². The summed E-state index contributed by atoms with van der Waals surface area (Å²) in [6.07, 6.45) is 0. The van der Waals surface area contributed by atoms with E-state index in [0.717, 1.165) is 18.2 Å². The molecule has 0 aromatic heterocycles. The van der Waals surface area contributed by atoms with Crippen LogP contribution in [0, 0.1) is 0 Å². The minimum absolute atomic E-state index is 0.0710. The number of halogens is 3. The van der Waals surface area contributed by atoms with Crippen LogP contribution in [-0.4, -0.2) is 18.7 Å². The quantitative estimate of drug-likeness (QED) is 0.821. The van der Waals surface area contributed by atoms with Crippen molar-refractivity contribution in [3.05, 3.63) is 28.8 Å². The largest absolute Gasteiger partial charge is 0.506 e. The van der Waals surface area contributed by atoms with Gasteiger partial charge in [0.25, 0.3) is 5.92 Å². The first-order valence-electron chi connectivity index (χ1n) is 3.99. The Bertz CT molecular complexity index is 331. The van der Waals surface area contributed by atoms with Crippen molar-refractivity contribution >= 4 is 11.6 Å². The Kier molecular flexibility index (Phi) is 3.29. The van der Waals surface area contributed by atoms with Gasteiger partial charge in [0.1, 0.15) is 5.75 Å². The standard InChI is InChI=1S/C9H10ClF2NO/c1-13-5-9(11,12)6-2-3-8(14)7(10)4-6/h2-4,13-14H,5H2,1H3. The van der Waals surface area contributed by atoms with E-state index in [0.29, 0.717) is 0 Å². The maximum absolute atomic E-state index is 13.3. The molecule has 5 heteroatoms. The molecule has 0 unspecified atom stereocenters. The van der Waals surface area contributed by atoms with Crippen LogP contribution in [0.4, 0.5) is 8.78 Å². The summed E-state index contributed by atoms with van der Waals surface area (Å²) in [5, 5.41) is 11.4. The topological polar surface area (TPSA) is 32.3 Å². The number of nitrogens with one attached hydrogen (secondary N) is 1. The average Bonchev–Trinajstić information content (AvgIpc) is 2.09. The molecule has 0 fully saturated rings. The van der Waals surface area contributed by atoms with Gasteiger partial charge in [-0.1, -0.05) is 11.6 Å². The minimum Gasteiger partial charge on any atom is -0.506 e. The predicted molar refractivity (Wildman–Crippen MR) is 50.9 cm³/mol. The van der Waals surface area contributed by atoms with Crippen LogP contribution in [0.3, 0.4) is 0 Å². The van der Waals surface area contributed by atoms with E-state index >= 15 is 0 Å². The molecule has 1 aromatic rings. The van der Waals surface area contributed by atoms with Crippen LogP contribution < -0.4 is 5.32 Å². The lowest BCUT2D eigenvalue weighted by Gasteiger charge is -2.16. The fourth-order valence-corrected chi connectivity index (χ4v) is 1.24. The van der Waals surface area contributed by atoms with Crippen molar-refractivity contribution in [1.82, 2.24) is 5.32 Å². The summed E-state index contributed by atoms with van der Waals surface area (Å²) < 4.78 is 26.5. The molecule has 0 atom stereocenters. The number of phenols is 1. The molecule has 1 aromatic carbocycles. The van der Waals surface area contributed by atoms with E-state index in [4.69, 9.17) is 16.7 Å². The zero-order chi connectivity index (χ0) is 10.8. The summed E-state index contributed by atoms with van der Waals surface area (Å²) >= 11 is 5.52. The number of hydrogen-bond acceptors (Lipinski definition) is 2. The first kappa shape index (κ1) is 11.2. The third kappa shape index (κ3) is 2.33. The molecule has 0 saturated heterocycles. The molecular formula is C9H10ClF2NO. The molecule has 2 N–H and O–H groups in total. The molecule has 0 amide bonds. The number of hydrogen-bond donors (Lipinski definition) is 2. The monoisotopic (exact) mass is 221 g/mol. The van der Waals surface area contributed by atoms with Crippen molar-refractivity contribution in [2.45, 2.75) is 5.92 Å². The summed E-state index contributed by atoms with van der Waals surface area (Å²) in [6.45, 7) is -0.464. The van der Waals surface area contributed by atoms with Crippen molar-refractivity contribution in [1.29, 1.82) is 0 Å². The van der Waals surface area contributed by atoms with Crippen LogP contribution in [0.25, 0.3) is 0 Å². The molecule has 0 aliphatic rings. The fourth-order valence-electron chi connectivity index (χ4n) is 1.06. The molecule has 0 bridgehead atoms. The van der Waals surface area contributed by atoms with Crippen molar-refractivity contribution in [2.75, 3.05) is 13.6 Å². The highest BCUT2D eigenvalue weighted by molar-refractivity contribution is 6.32.